The van der Waals surface area contributed by atoms with Gasteiger partial charge in [0.2, 0.25) is 10.0 Å². The fourth-order valence-corrected chi connectivity index (χ4v) is 2.78. The molecule has 4 N–H and O–H groups in total. The molecule has 140 valence electrons. The van der Waals surface area contributed by atoms with Crippen LogP contribution in [0.15, 0.2) is 47.6 Å². The van der Waals surface area contributed by atoms with E-state index in [0.717, 1.165) is 17.7 Å². The lowest BCUT2D eigenvalue weighted by molar-refractivity contribution is 0.0939. The molecule has 0 bridgehead atoms. The minimum absolute atomic E-state index is 0.0958. The summed E-state index contributed by atoms with van der Waals surface area (Å²) in [7, 11) is -3.67. The Morgan fingerprint density at radius 1 is 1.23 bits per heavy atom. The first-order chi connectivity index (χ1) is 12.3. The van der Waals surface area contributed by atoms with Gasteiger partial charge >= 0.3 is 0 Å². The molecule has 0 aliphatic carbocycles. The fourth-order valence-electron chi connectivity index (χ4n) is 2.27. The number of carbonyl (C=O) groups is 1. The predicted molar refractivity (Wildman–Crippen MR) is 101 cm³/mol. The SMILES string of the molecule is CCC(C)NC(=O)c1cncc(NCCc2ccc(S(N)(=O)=O)cc2)c1. The molecule has 0 fully saturated rings. The van der Waals surface area contributed by atoms with Gasteiger partial charge in [0.1, 0.15) is 0 Å². The third-order valence-electron chi connectivity index (χ3n) is 3.98. The van der Waals surface area contributed by atoms with Crippen molar-refractivity contribution in [1.29, 1.82) is 0 Å². The maximum absolute atomic E-state index is 12.1. The molecule has 0 spiro atoms. The lowest BCUT2D eigenvalue weighted by atomic mass is 10.1. The second kappa shape index (κ2) is 8.77. The molecule has 1 unspecified atom stereocenters. The van der Waals surface area contributed by atoms with E-state index in [-0.39, 0.29) is 16.8 Å². The number of carbonyl (C=O) groups excluding carboxylic acids is 1. The molecule has 0 saturated carbocycles. The molecule has 0 aliphatic heterocycles. The van der Waals surface area contributed by atoms with Gasteiger partial charge in [0.05, 0.1) is 16.1 Å². The van der Waals surface area contributed by atoms with Gasteiger partial charge in [0.15, 0.2) is 0 Å². The van der Waals surface area contributed by atoms with Crippen molar-refractivity contribution in [3.63, 3.8) is 0 Å². The summed E-state index contributed by atoms with van der Waals surface area (Å²) in [5, 5.41) is 11.2. The quantitative estimate of drug-likeness (QED) is 0.651. The third-order valence-corrected chi connectivity index (χ3v) is 4.91. The number of primary sulfonamides is 1. The Hall–Kier alpha value is -2.45. The highest BCUT2D eigenvalue weighted by molar-refractivity contribution is 7.89. The minimum atomic E-state index is -3.67. The number of nitrogens with zero attached hydrogens (tertiary/aromatic N) is 1. The van der Waals surface area contributed by atoms with Gasteiger partial charge in [-0.15, -0.1) is 0 Å². The van der Waals surface area contributed by atoms with Gasteiger partial charge in [-0.3, -0.25) is 9.78 Å². The van der Waals surface area contributed by atoms with Crippen molar-refractivity contribution in [3.05, 3.63) is 53.9 Å². The molecule has 26 heavy (non-hydrogen) atoms. The maximum atomic E-state index is 12.1. The second-order valence-corrected chi connectivity index (χ2v) is 7.67. The zero-order valence-electron chi connectivity index (χ0n) is 14.9. The summed E-state index contributed by atoms with van der Waals surface area (Å²) < 4.78 is 22.5. The van der Waals surface area contributed by atoms with Crippen LogP contribution in [0, 0.1) is 0 Å². The van der Waals surface area contributed by atoms with Crippen molar-refractivity contribution in [2.45, 2.75) is 37.6 Å². The van der Waals surface area contributed by atoms with Crippen LogP contribution in [0.4, 0.5) is 5.69 Å². The van der Waals surface area contributed by atoms with Gasteiger partial charge in [-0.05, 0) is 43.5 Å². The molecule has 0 radical (unpaired) electrons. The summed E-state index contributed by atoms with van der Waals surface area (Å²) in [6, 6.07) is 8.32. The average Bonchev–Trinajstić information content (AvgIpc) is 2.61. The first kappa shape index (κ1) is 19.9. The number of anilines is 1. The highest BCUT2D eigenvalue weighted by Crippen LogP contribution is 2.11. The second-order valence-electron chi connectivity index (χ2n) is 6.11. The van der Waals surface area contributed by atoms with Gasteiger partial charge < -0.3 is 10.6 Å². The number of sulfonamides is 1. The summed E-state index contributed by atoms with van der Waals surface area (Å²) in [6.07, 6.45) is 4.74. The molecule has 1 atom stereocenters. The van der Waals surface area contributed by atoms with Crippen molar-refractivity contribution in [1.82, 2.24) is 10.3 Å². The van der Waals surface area contributed by atoms with Crippen molar-refractivity contribution >= 4 is 21.6 Å². The number of amides is 1. The lowest BCUT2D eigenvalue weighted by Crippen LogP contribution is -2.32. The van der Waals surface area contributed by atoms with E-state index >= 15 is 0 Å². The van der Waals surface area contributed by atoms with E-state index in [2.05, 4.69) is 15.6 Å². The Kier molecular flexibility index (Phi) is 6.70. The van der Waals surface area contributed by atoms with E-state index < -0.39 is 10.0 Å². The largest absolute Gasteiger partial charge is 0.383 e. The molecule has 2 aromatic rings. The van der Waals surface area contributed by atoms with E-state index in [4.69, 9.17) is 5.14 Å². The normalized spacial score (nSPS) is 12.4. The maximum Gasteiger partial charge on any atom is 0.253 e. The summed E-state index contributed by atoms with van der Waals surface area (Å²) in [6.45, 7) is 4.58. The third kappa shape index (κ3) is 5.82. The Balaban J connectivity index is 1.92. The van der Waals surface area contributed by atoms with Crippen molar-refractivity contribution in [3.8, 4) is 0 Å². The number of benzene rings is 1. The molecule has 1 amide bonds. The molecular formula is C18H24N4O3S. The van der Waals surface area contributed by atoms with Crippen LogP contribution in [0.3, 0.4) is 0 Å². The number of nitrogens with one attached hydrogen (secondary N) is 2. The highest BCUT2D eigenvalue weighted by Gasteiger charge is 2.10. The summed E-state index contributed by atoms with van der Waals surface area (Å²) in [4.78, 5) is 16.3. The van der Waals surface area contributed by atoms with Crippen LogP contribution in [0.2, 0.25) is 0 Å². The van der Waals surface area contributed by atoms with Gasteiger partial charge in [-0.25, -0.2) is 13.6 Å². The van der Waals surface area contributed by atoms with Gasteiger partial charge in [-0.2, -0.15) is 0 Å². The number of hydrogen-bond donors (Lipinski definition) is 3. The molecule has 1 aromatic carbocycles. The van der Waals surface area contributed by atoms with Crippen LogP contribution >= 0.6 is 0 Å². The molecule has 2 rings (SSSR count). The molecule has 1 heterocycles. The van der Waals surface area contributed by atoms with Gasteiger partial charge in [0.25, 0.3) is 5.91 Å². The van der Waals surface area contributed by atoms with Crippen LogP contribution in [0.25, 0.3) is 0 Å². The van der Waals surface area contributed by atoms with Crippen LogP contribution in [0.5, 0.6) is 0 Å². The predicted octanol–water partition coefficient (Wildman–Crippen LogP) is 1.91. The van der Waals surface area contributed by atoms with E-state index in [1.807, 2.05) is 13.8 Å². The van der Waals surface area contributed by atoms with Crippen LogP contribution in [-0.2, 0) is 16.4 Å². The van der Waals surface area contributed by atoms with Gasteiger partial charge in [0, 0.05) is 25.0 Å². The number of nitrogens with two attached hydrogens (primary N) is 1. The summed E-state index contributed by atoms with van der Waals surface area (Å²) in [5.74, 6) is -0.144. The smallest absolute Gasteiger partial charge is 0.253 e. The molecule has 1 aromatic heterocycles. The van der Waals surface area contributed by atoms with Crippen LogP contribution in [-0.4, -0.2) is 31.9 Å². The Bertz CT molecular complexity index is 851. The monoisotopic (exact) mass is 376 g/mol. The standard InChI is InChI=1S/C18H24N4O3S/c1-3-13(2)22-18(23)15-10-16(12-20-11-15)21-9-8-14-4-6-17(7-5-14)26(19,24)25/h4-7,10-13,21H,3,8-9H2,1-2H3,(H,22,23)(H2,19,24,25). The van der Waals surface area contributed by atoms with E-state index in [1.165, 1.54) is 18.3 Å². The zero-order chi connectivity index (χ0) is 19.2. The van der Waals surface area contributed by atoms with E-state index in [9.17, 15) is 13.2 Å². The number of pyridine rings is 1. The summed E-state index contributed by atoms with van der Waals surface area (Å²) in [5.41, 5.74) is 2.24. The van der Waals surface area contributed by atoms with Crippen molar-refractivity contribution < 1.29 is 13.2 Å². The van der Waals surface area contributed by atoms with Crippen molar-refractivity contribution in [2.24, 2.45) is 5.14 Å². The Morgan fingerprint density at radius 3 is 2.54 bits per heavy atom. The number of rotatable bonds is 8. The first-order valence-corrected chi connectivity index (χ1v) is 9.95. The molecule has 7 nitrogen and oxygen atoms in total. The summed E-state index contributed by atoms with van der Waals surface area (Å²) >= 11 is 0. The van der Waals surface area contributed by atoms with Crippen LogP contribution < -0.4 is 15.8 Å². The number of hydrogen-bond acceptors (Lipinski definition) is 5. The lowest BCUT2D eigenvalue weighted by Gasteiger charge is -2.12. The fraction of sp³-hybridized carbons (Fsp3) is 0.333. The Labute approximate surface area is 154 Å². The van der Waals surface area contributed by atoms with Crippen LogP contribution in [0.1, 0.15) is 36.2 Å². The topological polar surface area (TPSA) is 114 Å². The Morgan fingerprint density at radius 2 is 1.92 bits per heavy atom. The highest BCUT2D eigenvalue weighted by atomic mass is 32.2. The van der Waals surface area contributed by atoms with Gasteiger partial charge in [-0.1, -0.05) is 19.1 Å². The van der Waals surface area contributed by atoms with E-state index in [1.54, 1.807) is 24.4 Å². The van der Waals surface area contributed by atoms with E-state index in [0.29, 0.717) is 18.5 Å². The van der Waals surface area contributed by atoms with Crippen molar-refractivity contribution in [2.75, 3.05) is 11.9 Å². The molecule has 8 heteroatoms. The molecule has 0 saturated heterocycles. The average molecular weight is 376 g/mol. The number of aromatic nitrogens is 1. The zero-order valence-corrected chi connectivity index (χ0v) is 15.7. The first-order valence-electron chi connectivity index (χ1n) is 8.41. The molecule has 0 aliphatic rings. The molecular weight excluding hydrogens is 352 g/mol. The minimum Gasteiger partial charge on any atom is -0.383 e.